The van der Waals surface area contributed by atoms with E-state index in [9.17, 15) is 9.59 Å². The molecule has 1 aliphatic heterocycles. The Bertz CT molecular complexity index is 1470. The van der Waals surface area contributed by atoms with E-state index < -0.39 is 6.17 Å². The number of ether oxygens (including phenoxy) is 2. The average molecular weight is 488 g/mol. The zero-order valence-electron chi connectivity index (χ0n) is 19.4. The molecular formula is C26H23N4O4S+. The van der Waals surface area contributed by atoms with Gasteiger partial charge in [0.15, 0.2) is 11.5 Å². The molecule has 0 saturated heterocycles. The van der Waals surface area contributed by atoms with Gasteiger partial charge in [-0.25, -0.2) is 4.90 Å². The first-order valence-electron chi connectivity index (χ1n) is 10.9. The number of H-pyrrole nitrogens is 1. The van der Waals surface area contributed by atoms with Gasteiger partial charge in [-0.1, -0.05) is 42.1 Å². The summed E-state index contributed by atoms with van der Waals surface area (Å²) in [6, 6.07) is 21.9. The summed E-state index contributed by atoms with van der Waals surface area (Å²) in [7, 11) is 3.12. The molecule has 0 fully saturated rings. The summed E-state index contributed by atoms with van der Waals surface area (Å²) in [5.74, 6) is 0.846. The summed E-state index contributed by atoms with van der Waals surface area (Å²) in [6.45, 7) is 0. The smallest absolute Gasteiger partial charge is 0.325 e. The van der Waals surface area contributed by atoms with E-state index in [0.717, 1.165) is 0 Å². The standard InChI is InChI=1S/C26H22N4O4S/c1-33-20-14-13-17(15-21(20)34-2)24-29(25(32)16-9-5-4-6-10-16)19-12-8-7-11-18(19)22-23(31)27-26(35-3)28-30(22)24/h4-15,24H,1-3H3/p+1. The molecule has 0 bridgehead atoms. The number of aromatic amines is 1. The van der Waals surface area contributed by atoms with Gasteiger partial charge >= 0.3 is 11.3 Å². The molecular weight excluding hydrogens is 464 g/mol. The van der Waals surface area contributed by atoms with Crippen LogP contribution in [0.5, 0.6) is 11.5 Å². The van der Waals surface area contributed by atoms with Crippen molar-refractivity contribution in [2.24, 2.45) is 0 Å². The summed E-state index contributed by atoms with van der Waals surface area (Å²) in [4.78, 5) is 31.8. The molecule has 1 unspecified atom stereocenters. The highest BCUT2D eigenvalue weighted by atomic mass is 32.2. The van der Waals surface area contributed by atoms with Gasteiger partial charge in [-0.2, -0.15) is 0 Å². The second-order valence-electron chi connectivity index (χ2n) is 7.80. The molecule has 5 rings (SSSR count). The third-order valence-corrected chi connectivity index (χ3v) is 6.47. The number of nitrogens with zero attached hydrogens (tertiary/aromatic N) is 3. The van der Waals surface area contributed by atoms with E-state index in [1.54, 1.807) is 48.1 Å². The monoisotopic (exact) mass is 487 g/mol. The van der Waals surface area contributed by atoms with Crippen molar-refractivity contribution in [2.75, 3.05) is 25.4 Å². The Balaban J connectivity index is 1.83. The summed E-state index contributed by atoms with van der Waals surface area (Å²) < 4.78 is 12.6. The van der Waals surface area contributed by atoms with Crippen LogP contribution in [0.3, 0.4) is 0 Å². The third-order valence-electron chi connectivity index (χ3n) is 5.90. The zero-order valence-corrected chi connectivity index (χ0v) is 20.2. The number of hydrogen-bond acceptors (Lipinski definition) is 6. The van der Waals surface area contributed by atoms with Gasteiger partial charge in [-0.05, 0) is 53.4 Å². The van der Waals surface area contributed by atoms with Crippen LogP contribution in [0.25, 0.3) is 11.3 Å². The van der Waals surface area contributed by atoms with E-state index in [0.29, 0.717) is 44.7 Å². The number of anilines is 1. The van der Waals surface area contributed by atoms with Crippen LogP contribution in [-0.4, -0.2) is 36.5 Å². The maximum Gasteiger partial charge on any atom is 0.325 e. The van der Waals surface area contributed by atoms with E-state index >= 15 is 0 Å². The average Bonchev–Trinajstić information content (AvgIpc) is 2.91. The number of amides is 1. The maximum absolute atomic E-state index is 14.0. The molecule has 0 aliphatic carbocycles. The lowest BCUT2D eigenvalue weighted by molar-refractivity contribution is -0.763. The molecule has 2 heterocycles. The number of para-hydroxylation sites is 1. The predicted molar refractivity (Wildman–Crippen MR) is 133 cm³/mol. The van der Waals surface area contributed by atoms with Gasteiger partial charge in [0.25, 0.3) is 12.1 Å². The number of rotatable bonds is 5. The fourth-order valence-electron chi connectivity index (χ4n) is 4.32. The Hall–Kier alpha value is -4.11. The quantitative estimate of drug-likeness (QED) is 0.341. The number of hydrogen-bond donors (Lipinski definition) is 1. The van der Waals surface area contributed by atoms with Crippen molar-refractivity contribution >= 4 is 23.4 Å². The van der Waals surface area contributed by atoms with Crippen LogP contribution in [0.1, 0.15) is 22.1 Å². The normalized spacial score (nSPS) is 14.1. The van der Waals surface area contributed by atoms with E-state index in [1.807, 2.05) is 54.8 Å². The number of aromatic nitrogens is 3. The van der Waals surface area contributed by atoms with Crippen LogP contribution in [0, 0.1) is 0 Å². The topological polar surface area (TPSA) is 88.4 Å². The first kappa shape index (κ1) is 22.7. The molecule has 1 aromatic heterocycles. The van der Waals surface area contributed by atoms with Crippen molar-refractivity contribution < 1.29 is 19.0 Å². The number of fused-ring (bicyclic) bond motifs is 3. The van der Waals surface area contributed by atoms with Gasteiger partial charge in [-0.3, -0.25) is 14.6 Å². The number of methoxy groups -OCH3 is 2. The van der Waals surface area contributed by atoms with E-state index in [1.165, 1.54) is 11.8 Å². The van der Waals surface area contributed by atoms with Crippen LogP contribution in [0.15, 0.2) is 82.7 Å². The molecule has 4 aromatic rings. The highest BCUT2D eigenvalue weighted by molar-refractivity contribution is 7.98. The fourth-order valence-corrected chi connectivity index (χ4v) is 4.68. The Kier molecular flexibility index (Phi) is 6.00. The van der Waals surface area contributed by atoms with Crippen molar-refractivity contribution in [3.05, 3.63) is 94.3 Å². The van der Waals surface area contributed by atoms with Crippen molar-refractivity contribution in [1.82, 2.24) is 10.1 Å². The fraction of sp³-hybridized carbons (Fsp3) is 0.154. The van der Waals surface area contributed by atoms with Gasteiger partial charge in [0, 0.05) is 16.2 Å². The predicted octanol–water partition coefficient (Wildman–Crippen LogP) is 3.67. The Morgan fingerprint density at radius 2 is 1.71 bits per heavy atom. The van der Waals surface area contributed by atoms with Crippen molar-refractivity contribution in [1.29, 1.82) is 0 Å². The zero-order chi connectivity index (χ0) is 24.5. The van der Waals surface area contributed by atoms with Gasteiger partial charge < -0.3 is 9.47 Å². The van der Waals surface area contributed by atoms with E-state index in [2.05, 4.69) is 4.98 Å². The van der Waals surface area contributed by atoms with Gasteiger partial charge in [-0.15, -0.1) is 0 Å². The lowest BCUT2D eigenvalue weighted by Crippen LogP contribution is -2.60. The third kappa shape index (κ3) is 3.83. The SMILES string of the molecule is COc1ccc(C2N(C(=O)c3ccccc3)c3ccccc3-c3c(=O)[nH]c(SC)n[n+]32)cc1OC. The van der Waals surface area contributed by atoms with Gasteiger partial charge in [0.2, 0.25) is 5.16 Å². The second-order valence-corrected chi connectivity index (χ2v) is 8.60. The molecule has 1 N–H and O–H groups in total. The highest BCUT2D eigenvalue weighted by Crippen LogP contribution is 2.40. The molecule has 1 aliphatic rings. The largest absolute Gasteiger partial charge is 0.493 e. The van der Waals surface area contributed by atoms with Gasteiger partial charge in [0.1, 0.15) is 0 Å². The molecule has 0 spiro atoms. The maximum atomic E-state index is 14.0. The van der Waals surface area contributed by atoms with Crippen LogP contribution < -0.4 is 24.6 Å². The number of carbonyl (C=O) groups is 1. The first-order chi connectivity index (χ1) is 17.1. The van der Waals surface area contributed by atoms with Crippen LogP contribution in [0.2, 0.25) is 0 Å². The van der Waals surface area contributed by atoms with Crippen LogP contribution in [-0.2, 0) is 0 Å². The molecule has 1 atom stereocenters. The molecule has 3 aromatic carbocycles. The Morgan fingerprint density at radius 1 is 1.00 bits per heavy atom. The number of thioether (sulfide) groups is 1. The summed E-state index contributed by atoms with van der Waals surface area (Å²) in [6.07, 6.45) is 1.08. The van der Waals surface area contributed by atoms with Gasteiger partial charge in [0.05, 0.1) is 25.5 Å². The van der Waals surface area contributed by atoms with Crippen molar-refractivity contribution in [3.63, 3.8) is 0 Å². The van der Waals surface area contributed by atoms with Crippen LogP contribution >= 0.6 is 11.8 Å². The lowest BCUT2D eigenvalue weighted by atomic mass is 10.00. The lowest BCUT2D eigenvalue weighted by Gasteiger charge is -2.32. The van der Waals surface area contributed by atoms with Crippen molar-refractivity contribution in [3.8, 4) is 22.8 Å². The molecule has 8 nitrogen and oxygen atoms in total. The summed E-state index contributed by atoms with van der Waals surface area (Å²) in [5, 5.41) is 5.17. The number of benzene rings is 3. The van der Waals surface area contributed by atoms with Crippen LogP contribution in [0.4, 0.5) is 5.69 Å². The molecule has 0 radical (unpaired) electrons. The molecule has 1 amide bonds. The first-order valence-corrected chi connectivity index (χ1v) is 12.1. The minimum atomic E-state index is -0.749. The highest BCUT2D eigenvalue weighted by Gasteiger charge is 2.46. The summed E-state index contributed by atoms with van der Waals surface area (Å²) >= 11 is 1.32. The Morgan fingerprint density at radius 3 is 2.43 bits per heavy atom. The van der Waals surface area contributed by atoms with Crippen molar-refractivity contribution in [2.45, 2.75) is 11.3 Å². The second kappa shape index (κ2) is 9.27. The van der Waals surface area contributed by atoms with E-state index in [-0.39, 0.29) is 11.5 Å². The summed E-state index contributed by atoms with van der Waals surface area (Å²) in [5.41, 5.74) is 2.55. The molecule has 176 valence electrons. The number of carbonyl (C=O) groups excluding carboxylic acids is 1. The molecule has 35 heavy (non-hydrogen) atoms. The Labute approximate surface area is 206 Å². The molecule has 0 saturated carbocycles. The minimum Gasteiger partial charge on any atom is -0.493 e. The molecule has 9 heteroatoms. The minimum absolute atomic E-state index is 0.219. The van der Waals surface area contributed by atoms with E-state index in [4.69, 9.17) is 14.6 Å². The number of nitrogens with one attached hydrogen (secondary N) is 1.